The molecule has 1 heterocycles. The van der Waals surface area contributed by atoms with Crippen LogP contribution in [0.2, 0.25) is 0 Å². The first-order chi connectivity index (χ1) is 9.13. The molecule has 0 spiro atoms. The Morgan fingerprint density at radius 1 is 1.42 bits per heavy atom. The normalized spacial score (nSPS) is 14.1. The summed E-state index contributed by atoms with van der Waals surface area (Å²) in [6.45, 7) is 8.66. The molecule has 0 bridgehead atoms. The summed E-state index contributed by atoms with van der Waals surface area (Å²) >= 11 is 0. The van der Waals surface area contributed by atoms with E-state index in [0.717, 1.165) is 25.9 Å². The van der Waals surface area contributed by atoms with Crippen LogP contribution in [0.25, 0.3) is 0 Å². The number of esters is 1. The maximum Gasteiger partial charge on any atom is 0.306 e. The number of nitrogens with one attached hydrogen (secondary N) is 1. The minimum Gasteiger partial charge on any atom is -0.466 e. The molecule has 0 aliphatic carbocycles. The summed E-state index contributed by atoms with van der Waals surface area (Å²) in [4.78, 5) is 11.5. The van der Waals surface area contributed by atoms with Crippen molar-refractivity contribution < 1.29 is 9.53 Å². The van der Waals surface area contributed by atoms with Crippen molar-refractivity contribution in [2.75, 3.05) is 13.2 Å². The highest BCUT2D eigenvalue weighted by atomic mass is 16.5. The average molecular weight is 261 g/mol. The topological polar surface area (TPSA) is 38.3 Å². The van der Waals surface area contributed by atoms with Crippen molar-refractivity contribution >= 4 is 5.97 Å². The number of ether oxygens (including phenoxy) is 1. The Labute approximate surface area is 115 Å². The standard InChI is InChI=1S/C16H23NO2/c1-4-19-16(18)6-5-14-11(2)9-13-10-17-8-7-15(13)12(14)3/h9,17H,4-8,10H2,1-3H3. The molecule has 1 aliphatic rings. The van der Waals surface area contributed by atoms with Crippen LogP contribution in [0.15, 0.2) is 6.07 Å². The van der Waals surface area contributed by atoms with Crippen molar-refractivity contribution in [2.45, 2.75) is 46.6 Å². The van der Waals surface area contributed by atoms with Gasteiger partial charge in [-0.15, -0.1) is 0 Å². The van der Waals surface area contributed by atoms with E-state index < -0.39 is 0 Å². The lowest BCUT2D eigenvalue weighted by Crippen LogP contribution is -2.25. The maximum absolute atomic E-state index is 11.5. The van der Waals surface area contributed by atoms with Crippen LogP contribution < -0.4 is 5.32 Å². The van der Waals surface area contributed by atoms with Gasteiger partial charge in [0.1, 0.15) is 0 Å². The first-order valence-electron chi connectivity index (χ1n) is 7.10. The average Bonchev–Trinajstić information content (AvgIpc) is 2.39. The number of rotatable bonds is 4. The van der Waals surface area contributed by atoms with Crippen LogP contribution in [0.4, 0.5) is 0 Å². The van der Waals surface area contributed by atoms with Crippen LogP contribution in [-0.2, 0) is 28.9 Å². The van der Waals surface area contributed by atoms with E-state index in [9.17, 15) is 4.79 Å². The van der Waals surface area contributed by atoms with Gasteiger partial charge >= 0.3 is 5.97 Å². The summed E-state index contributed by atoms with van der Waals surface area (Å²) in [7, 11) is 0. The van der Waals surface area contributed by atoms with Crippen molar-refractivity contribution in [3.63, 3.8) is 0 Å². The fourth-order valence-corrected chi connectivity index (χ4v) is 2.94. The van der Waals surface area contributed by atoms with Crippen LogP contribution in [0.1, 0.15) is 41.2 Å². The van der Waals surface area contributed by atoms with Gasteiger partial charge in [0.05, 0.1) is 6.61 Å². The third kappa shape index (κ3) is 3.16. The lowest BCUT2D eigenvalue weighted by atomic mass is 9.87. The summed E-state index contributed by atoms with van der Waals surface area (Å²) < 4.78 is 5.01. The molecular formula is C16H23NO2. The number of aryl methyl sites for hydroxylation is 1. The predicted octanol–water partition coefficient (Wildman–Crippen LogP) is 2.44. The highest BCUT2D eigenvalue weighted by molar-refractivity contribution is 5.70. The van der Waals surface area contributed by atoms with Gasteiger partial charge in [0.2, 0.25) is 0 Å². The molecule has 104 valence electrons. The van der Waals surface area contributed by atoms with Crippen molar-refractivity contribution in [3.8, 4) is 0 Å². The molecule has 0 amide bonds. The second-order valence-electron chi connectivity index (χ2n) is 5.17. The minimum absolute atomic E-state index is 0.0966. The van der Waals surface area contributed by atoms with Crippen molar-refractivity contribution in [2.24, 2.45) is 0 Å². The van der Waals surface area contributed by atoms with Gasteiger partial charge in [0.25, 0.3) is 0 Å². The van der Waals surface area contributed by atoms with Gasteiger partial charge in [-0.2, -0.15) is 0 Å². The fourth-order valence-electron chi connectivity index (χ4n) is 2.94. The second-order valence-corrected chi connectivity index (χ2v) is 5.17. The van der Waals surface area contributed by atoms with Crippen molar-refractivity contribution in [1.29, 1.82) is 0 Å². The Morgan fingerprint density at radius 3 is 2.95 bits per heavy atom. The minimum atomic E-state index is -0.0966. The zero-order valence-corrected chi connectivity index (χ0v) is 12.1. The molecule has 0 radical (unpaired) electrons. The van der Waals surface area contributed by atoms with Gasteiger partial charge in [-0.25, -0.2) is 0 Å². The number of fused-ring (bicyclic) bond motifs is 1. The predicted molar refractivity (Wildman–Crippen MR) is 76.3 cm³/mol. The van der Waals surface area contributed by atoms with Crippen LogP contribution >= 0.6 is 0 Å². The molecule has 3 nitrogen and oxygen atoms in total. The molecule has 0 saturated heterocycles. The van der Waals surface area contributed by atoms with E-state index in [1.165, 1.54) is 27.8 Å². The Morgan fingerprint density at radius 2 is 2.21 bits per heavy atom. The molecule has 0 fully saturated rings. The van der Waals surface area contributed by atoms with Gasteiger partial charge in [-0.3, -0.25) is 4.79 Å². The molecule has 0 saturated carbocycles. The summed E-state index contributed by atoms with van der Waals surface area (Å²) in [6, 6.07) is 2.27. The number of carbonyl (C=O) groups excluding carboxylic acids is 1. The molecule has 1 aliphatic heterocycles. The van der Waals surface area contributed by atoms with Crippen molar-refractivity contribution in [1.82, 2.24) is 5.32 Å². The molecule has 3 heteroatoms. The molecule has 1 N–H and O–H groups in total. The maximum atomic E-state index is 11.5. The van der Waals surface area contributed by atoms with E-state index in [0.29, 0.717) is 13.0 Å². The van der Waals surface area contributed by atoms with Gasteiger partial charge in [0.15, 0.2) is 0 Å². The van der Waals surface area contributed by atoms with E-state index in [1.807, 2.05) is 6.92 Å². The molecule has 0 atom stereocenters. The monoisotopic (exact) mass is 261 g/mol. The van der Waals surface area contributed by atoms with Gasteiger partial charge in [-0.05, 0) is 68.0 Å². The SMILES string of the molecule is CCOC(=O)CCc1c(C)cc2c(c1C)CCNC2. The third-order valence-electron chi connectivity index (χ3n) is 3.91. The molecule has 1 aromatic carbocycles. The van der Waals surface area contributed by atoms with Crippen molar-refractivity contribution in [3.05, 3.63) is 33.9 Å². The van der Waals surface area contributed by atoms with E-state index in [4.69, 9.17) is 4.74 Å². The number of benzene rings is 1. The Hall–Kier alpha value is -1.35. The summed E-state index contributed by atoms with van der Waals surface area (Å²) in [5, 5.41) is 3.41. The molecule has 19 heavy (non-hydrogen) atoms. The number of carbonyl (C=O) groups is 1. The van der Waals surface area contributed by atoms with E-state index in [2.05, 4.69) is 25.2 Å². The van der Waals surface area contributed by atoms with Crippen LogP contribution in [-0.4, -0.2) is 19.1 Å². The lowest BCUT2D eigenvalue weighted by Gasteiger charge is -2.23. The fraction of sp³-hybridized carbons (Fsp3) is 0.562. The third-order valence-corrected chi connectivity index (χ3v) is 3.91. The van der Waals surface area contributed by atoms with E-state index in [1.54, 1.807) is 0 Å². The zero-order chi connectivity index (χ0) is 13.8. The first kappa shape index (κ1) is 14.1. The van der Waals surface area contributed by atoms with Gasteiger partial charge in [-0.1, -0.05) is 6.07 Å². The van der Waals surface area contributed by atoms with E-state index >= 15 is 0 Å². The largest absolute Gasteiger partial charge is 0.466 e. The highest BCUT2D eigenvalue weighted by Crippen LogP contribution is 2.26. The van der Waals surface area contributed by atoms with Gasteiger partial charge in [0, 0.05) is 13.0 Å². The second kappa shape index (κ2) is 6.20. The lowest BCUT2D eigenvalue weighted by molar-refractivity contribution is -0.143. The highest BCUT2D eigenvalue weighted by Gasteiger charge is 2.16. The van der Waals surface area contributed by atoms with Crippen LogP contribution in [0.3, 0.4) is 0 Å². The first-order valence-corrected chi connectivity index (χ1v) is 7.10. The summed E-state index contributed by atoms with van der Waals surface area (Å²) in [6.07, 6.45) is 2.36. The zero-order valence-electron chi connectivity index (χ0n) is 12.1. The van der Waals surface area contributed by atoms with Crippen LogP contribution in [0, 0.1) is 13.8 Å². The quantitative estimate of drug-likeness (QED) is 0.846. The van der Waals surface area contributed by atoms with Crippen LogP contribution in [0.5, 0.6) is 0 Å². The molecule has 0 aromatic heterocycles. The summed E-state index contributed by atoms with van der Waals surface area (Å²) in [5.74, 6) is -0.0966. The summed E-state index contributed by atoms with van der Waals surface area (Å²) in [5.41, 5.74) is 6.89. The Kier molecular flexibility index (Phi) is 4.59. The van der Waals surface area contributed by atoms with Gasteiger partial charge < -0.3 is 10.1 Å². The number of hydrogen-bond acceptors (Lipinski definition) is 3. The molecule has 0 unspecified atom stereocenters. The number of hydrogen-bond donors (Lipinski definition) is 1. The molecule has 2 rings (SSSR count). The molecule has 1 aromatic rings. The Bertz CT molecular complexity index is 480. The Balaban J connectivity index is 2.18. The van der Waals surface area contributed by atoms with E-state index in [-0.39, 0.29) is 5.97 Å². The molecular weight excluding hydrogens is 238 g/mol. The smallest absolute Gasteiger partial charge is 0.306 e.